The lowest BCUT2D eigenvalue weighted by Gasteiger charge is -2.35. The Labute approximate surface area is 212 Å². The molecule has 2 N–H and O–H groups in total. The second-order valence-corrected chi connectivity index (χ2v) is 8.36. The molecule has 1 atom stereocenters. The van der Waals surface area contributed by atoms with Crippen LogP contribution in [-0.4, -0.2) is 54.2 Å². The number of carbonyl (C=O) groups is 2. The highest BCUT2D eigenvalue weighted by atomic mass is 35.5. The first kappa shape index (κ1) is 26.1. The van der Waals surface area contributed by atoms with Crippen molar-refractivity contribution in [2.45, 2.75) is 13.0 Å². The van der Waals surface area contributed by atoms with E-state index in [9.17, 15) is 19.7 Å². The number of rotatable bonds is 8. The summed E-state index contributed by atoms with van der Waals surface area (Å²) in [5.74, 6) is -1.03. The van der Waals surface area contributed by atoms with Gasteiger partial charge in [-0.1, -0.05) is 23.7 Å². The normalized spacial score (nSPS) is 15.5. The van der Waals surface area contributed by atoms with Crippen LogP contribution in [-0.2, 0) is 14.3 Å². The van der Waals surface area contributed by atoms with Gasteiger partial charge in [0.05, 0.1) is 23.1 Å². The number of hydrogen-bond donors (Lipinski definition) is 2. The van der Waals surface area contributed by atoms with Crippen molar-refractivity contribution in [2.75, 3.05) is 32.7 Å². The minimum atomic E-state index is -0.652. The summed E-state index contributed by atoms with van der Waals surface area (Å²) in [4.78, 5) is 37.5. The summed E-state index contributed by atoms with van der Waals surface area (Å²) < 4.78 is 10.3. The van der Waals surface area contributed by atoms with E-state index in [4.69, 9.17) is 33.3 Å². The summed E-state index contributed by atoms with van der Waals surface area (Å²) in [6.07, 6.45) is 0. The lowest BCUT2D eigenvalue weighted by atomic mass is 9.95. The first-order chi connectivity index (χ1) is 16.6. The first-order valence-electron chi connectivity index (χ1n) is 10.4. The van der Waals surface area contributed by atoms with Crippen molar-refractivity contribution in [1.82, 2.24) is 10.2 Å². The van der Waals surface area contributed by atoms with Crippen LogP contribution in [0.15, 0.2) is 53.7 Å². The smallest absolute Gasteiger partial charge is 0.338 e. The van der Waals surface area contributed by atoms with Gasteiger partial charge in [-0.2, -0.15) is 0 Å². The van der Waals surface area contributed by atoms with E-state index < -0.39 is 22.8 Å². The molecule has 0 aromatic heterocycles. The predicted molar refractivity (Wildman–Crippen MR) is 134 cm³/mol. The molecule has 1 heterocycles. The number of ether oxygens (including phenoxy) is 2. The number of nitro groups is 1. The standard InChI is InChI=1S/C23H23ClN4O6S/c1-13-19(22(30)34-11-10-33-3)20(26-23(35)27(13)2)14-4-7-16(8-5-14)25-21(29)15-6-9-17(24)18(12-15)28(31)32/h4-9,12,20H,10-11H2,1-3H3,(H,25,29)(H,26,35). The summed E-state index contributed by atoms with van der Waals surface area (Å²) >= 11 is 11.2. The third-order valence-electron chi connectivity index (χ3n) is 5.40. The third kappa shape index (κ3) is 5.94. The van der Waals surface area contributed by atoms with E-state index in [0.29, 0.717) is 22.1 Å². The molecule has 0 spiro atoms. The number of allylic oxidation sites excluding steroid dienone is 1. The fraction of sp³-hybridized carbons (Fsp3) is 0.261. The summed E-state index contributed by atoms with van der Waals surface area (Å²) in [6.45, 7) is 2.17. The summed E-state index contributed by atoms with van der Waals surface area (Å²) in [5, 5.41) is 17.3. The van der Waals surface area contributed by atoms with Gasteiger partial charge in [0.1, 0.15) is 11.6 Å². The van der Waals surface area contributed by atoms with Crippen LogP contribution in [0.3, 0.4) is 0 Å². The highest BCUT2D eigenvalue weighted by Gasteiger charge is 2.33. The Morgan fingerprint density at radius 3 is 2.54 bits per heavy atom. The molecule has 0 fully saturated rings. The molecule has 0 radical (unpaired) electrons. The van der Waals surface area contributed by atoms with Gasteiger partial charge in [0.2, 0.25) is 0 Å². The Morgan fingerprint density at radius 2 is 1.91 bits per heavy atom. The molecule has 0 bridgehead atoms. The fourth-order valence-corrected chi connectivity index (χ4v) is 3.84. The third-order valence-corrected chi connectivity index (χ3v) is 6.11. The largest absolute Gasteiger partial charge is 0.460 e. The lowest BCUT2D eigenvalue weighted by molar-refractivity contribution is -0.384. The maximum Gasteiger partial charge on any atom is 0.338 e. The quantitative estimate of drug-likeness (QED) is 0.176. The van der Waals surface area contributed by atoms with E-state index in [0.717, 1.165) is 11.6 Å². The van der Waals surface area contributed by atoms with Crippen LogP contribution in [0.25, 0.3) is 0 Å². The Kier molecular flexibility index (Phi) is 8.39. The molecule has 184 valence electrons. The van der Waals surface area contributed by atoms with Crippen LogP contribution < -0.4 is 10.6 Å². The number of nitrogens with one attached hydrogen (secondary N) is 2. The molecule has 1 amide bonds. The zero-order valence-corrected chi connectivity index (χ0v) is 20.7. The van der Waals surface area contributed by atoms with E-state index in [2.05, 4.69) is 10.6 Å². The van der Waals surface area contributed by atoms with Gasteiger partial charge in [-0.25, -0.2) is 4.79 Å². The van der Waals surface area contributed by atoms with Crippen molar-refractivity contribution in [3.63, 3.8) is 0 Å². The van der Waals surface area contributed by atoms with Crippen LogP contribution in [0.2, 0.25) is 5.02 Å². The summed E-state index contributed by atoms with van der Waals surface area (Å²) in [7, 11) is 3.27. The number of anilines is 1. The highest BCUT2D eigenvalue weighted by Crippen LogP contribution is 2.31. The molecule has 12 heteroatoms. The Bertz CT molecular complexity index is 1200. The number of esters is 1. The Balaban J connectivity index is 1.81. The second kappa shape index (κ2) is 11.3. The molecular weight excluding hydrogens is 496 g/mol. The maximum atomic E-state index is 12.8. The zero-order chi connectivity index (χ0) is 25.7. The monoisotopic (exact) mass is 518 g/mol. The SMILES string of the molecule is COCCOC(=O)C1=C(C)N(C)C(=S)NC1c1ccc(NC(=O)c2ccc(Cl)c([N+](=O)[O-])c2)cc1. The summed E-state index contributed by atoms with van der Waals surface area (Å²) in [6, 6.07) is 10.0. The van der Waals surface area contributed by atoms with E-state index in [1.165, 1.54) is 19.2 Å². The molecule has 35 heavy (non-hydrogen) atoms. The minimum absolute atomic E-state index is 0.0562. The van der Waals surface area contributed by atoms with Crippen molar-refractivity contribution in [1.29, 1.82) is 0 Å². The minimum Gasteiger partial charge on any atom is -0.460 e. The molecule has 0 saturated carbocycles. The highest BCUT2D eigenvalue weighted by molar-refractivity contribution is 7.80. The molecule has 2 aromatic rings. The molecule has 1 aliphatic heterocycles. The van der Waals surface area contributed by atoms with Gasteiger partial charge in [-0.05, 0) is 49.0 Å². The van der Waals surface area contributed by atoms with Crippen LogP contribution in [0.1, 0.15) is 28.9 Å². The summed E-state index contributed by atoms with van der Waals surface area (Å²) in [5.41, 5.74) is 1.97. The zero-order valence-electron chi connectivity index (χ0n) is 19.2. The molecule has 0 saturated heterocycles. The van der Waals surface area contributed by atoms with Crippen molar-refractivity contribution in [3.8, 4) is 0 Å². The number of hydrogen-bond acceptors (Lipinski definition) is 7. The van der Waals surface area contributed by atoms with E-state index >= 15 is 0 Å². The number of methoxy groups -OCH3 is 1. The molecule has 0 aliphatic carbocycles. The van der Waals surface area contributed by atoms with Crippen LogP contribution >= 0.6 is 23.8 Å². The molecular formula is C23H23ClN4O6S. The maximum absolute atomic E-state index is 12.8. The molecule has 1 aliphatic rings. The molecule has 3 rings (SSSR count). The average molecular weight is 519 g/mol. The van der Waals surface area contributed by atoms with Crippen LogP contribution in [0, 0.1) is 10.1 Å². The molecule has 10 nitrogen and oxygen atoms in total. The number of benzene rings is 2. The number of nitro benzene ring substituents is 1. The van der Waals surface area contributed by atoms with Gasteiger partial charge in [-0.3, -0.25) is 14.9 Å². The number of amides is 1. The van der Waals surface area contributed by atoms with E-state index in [-0.39, 0.29) is 29.5 Å². The number of carbonyl (C=O) groups excluding carboxylic acids is 2. The van der Waals surface area contributed by atoms with Crippen LogP contribution in [0.4, 0.5) is 11.4 Å². The number of halogens is 1. The van der Waals surface area contributed by atoms with Crippen molar-refractivity contribution < 1.29 is 24.0 Å². The fourth-order valence-electron chi connectivity index (χ4n) is 3.40. The van der Waals surface area contributed by atoms with Crippen molar-refractivity contribution in [2.24, 2.45) is 0 Å². The Morgan fingerprint density at radius 1 is 1.23 bits per heavy atom. The predicted octanol–water partition coefficient (Wildman–Crippen LogP) is 3.83. The van der Waals surface area contributed by atoms with Gasteiger partial charge < -0.3 is 25.0 Å². The van der Waals surface area contributed by atoms with Gasteiger partial charge in [0.15, 0.2) is 5.11 Å². The van der Waals surface area contributed by atoms with Gasteiger partial charge in [0.25, 0.3) is 11.6 Å². The topological polar surface area (TPSA) is 123 Å². The second-order valence-electron chi connectivity index (χ2n) is 7.57. The van der Waals surface area contributed by atoms with Gasteiger partial charge in [0, 0.05) is 37.2 Å². The van der Waals surface area contributed by atoms with E-state index in [1.54, 1.807) is 43.1 Å². The first-order valence-corrected chi connectivity index (χ1v) is 11.2. The van der Waals surface area contributed by atoms with Crippen molar-refractivity contribution in [3.05, 3.63) is 80.0 Å². The molecule has 2 aromatic carbocycles. The van der Waals surface area contributed by atoms with E-state index in [1.807, 2.05) is 0 Å². The van der Waals surface area contributed by atoms with Crippen LogP contribution in [0.5, 0.6) is 0 Å². The molecule has 1 unspecified atom stereocenters. The number of nitrogens with zero attached hydrogens (tertiary/aromatic N) is 2. The van der Waals surface area contributed by atoms with Crippen molar-refractivity contribution >= 4 is 52.2 Å². The van der Waals surface area contributed by atoms with Gasteiger partial charge in [-0.15, -0.1) is 0 Å². The average Bonchev–Trinajstić information content (AvgIpc) is 2.83. The number of thiocarbonyl (C=S) groups is 1. The Hall–Kier alpha value is -3.54. The van der Waals surface area contributed by atoms with Gasteiger partial charge >= 0.3 is 5.97 Å². The lowest BCUT2D eigenvalue weighted by Crippen LogP contribution is -2.46.